The van der Waals surface area contributed by atoms with Crippen LogP contribution < -0.4 is 10.6 Å². The van der Waals surface area contributed by atoms with Crippen LogP contribution in [0.5, 0.6) is 0 Å². The Kier molecular flexibility index (Phi) is 7.15. The van der Waals surface area contributed by atoms with Crippen molar-refractivity contribution in [2.75, 3.05) is 18.5 Å². The molecule has 0 aliphatic carbocycles. The Morgan fingerprint density at radius 1 is 1.26 bits per heavy atom. The first-order valence-corrected chi connectivity index (χ1v) is 6.81. The van der Waals surface area contributed by atoms with Crippen LogP contribution in [0.15, 0.2) is 24.3 Å². The van der Waals surface area contributed by atoms with Crippen molar-refractivity contribution in [2.24, 2.45) is 0 Å². The van der Waals surface area contributed by atoms with Crippen molar-refractivity contribution >= 4 is 11.6 Å². The molecule has 0 saturated heterocycles. The molecule has 19 heavy (non-hydrogen) atoms. The van der Waals surface area contributed by atoms with Crippen molar-refractivity contribution in [3.8, 4) is 0 Å². The molecular formula is C15H24N2O2. The number of rotatable bonds is 8. The molecule has 106 valence electrons. The molecule has 0 aliphatic rings. The third kappa shape index (κ3) is 6.94. The normalized spacial score (nSPS) is 10.7. The Balaban J connectivity index is 2.37. The number of nitrogens with one attached hydrogen (secondary N) is 2. The molecule has 0 bridgehead atoms. The summed E-state index contributed by atoms with van der Waals surface area (Å²) >= 11 is 0. The van der Waals surface area contributed by atoms with Gasteiger partial charge in [-0.3, -0.25) is 4.79 Å². The third-order valence-corrected chi connectivity index (χ3v) is 2.63. The summed E-state index contributed by atoms with van der Waals surface area (Å²) < 4.78 is 5.15. The highest BCUT2D eigenvalue weighted by Gasteiger charge is 2.02. The predicted octanol–water partition coefficient (Wildman–Crippen LogP) is 2.55. The lowest BCUT2D eigenvalue weighted by molar-refractivity contribution is -0.117. The Morgan fingerprint density at radius 2 is 1.95 bits per heavy atom. The monoisotopic (exact) mass is 264 g/mol. The van der Waals surface area contributed by atoms with E-state index in [4.69, 9.17) is 4.74 Å². The van der Waals surface area contributed by atoms with Crippen molar-refractivity contribution in [2.45, 2.75) is 39.8 Å². The lowest BCUT2D eigenvalue weighted by Crippen LogP contribution is -2.21. The molecule has 1 aromatic rings. The van der Waals surface area contributed by atoms with Gasteiger partial charge in [0.15, 0.2) is 0 Å². The molecular weight excluding hydrogens is 240 g/mol. The van der Waals surface area contributed by atoms with Gasteiger partial charge in [0.05, 0.1) is 13.0 Å². The van der Waals surface area contributed by atoms with Crippen molar-refractivity contribution in [3.63, 3.8) is 0 Å². The zero-order valence-corrected chi connectivity index (χ0v) is 12.0. The van der Waals surface area contributed by atoms with E-state index in [1.807, 2.05) is 31.2 Å². The highest BCUT2D eigenvalue weighted by molar-refractivity contribution is 5.90. The van der Waals surface area contributed by atoms with Gasteiger partial charge in [-0.2, -0.15) is 0 Å². The average Bonchev–Trinajstić information content (AvgIpc) is 2.38. The quantitative estimate of drug-likeness (QED) is 0.709. The lowest BCUT2D eigenvalue weighted by atomic mass is 10.2. The summed E-state index contributed by atoms with van der Waals surface area (Å²) in [4.78, 5) is 11.6. The largest absolute Gasteiger partial charge is 0.381 e. The average molecular weight is 264 g/mol. The summed E-state index contributed by atoms with van der Waals surface area (Å²) in [6.07, 6.45) is 0.393. The minimum atomic E-state index is -0.0125. The number of hydrogen-bond donors (Lipinski definition) is 2. The van der Waals surface area contributed by atoms with E-state index in [0.717, 1.165) is 12.2 Å². The van der Waals surface area contributed by atoms with Gasteiger partial charge in [0.1, 0.15) is 0 Å². The fraction of sp³-hybridized carbons (Fsp3) is 0.533. The van der Waals surface area contributed by atoms with Gasteiger partial charge in [-0.25, -0.2) is 0 Å². The van der Waals surface area contributed by atoms with Crippen molar-refractivity contribution < 1.29 is 9.53 Å². The van der Waals surface area contributed by atoms with Gasteiger partial charge in [-0.05, 0) is 24.6 Å². The first kappa shape index (κ1) is 15.7. The molecule has 0 aliphatic heterocycles. The van der Waals surface area contributed by atoms with Gasteiger partial charge >= 0.3 is 0 Å². The molecule has 4 nitrogen and oxygen atoms in total. The van der Waals surface area contributed by atoms with Gasteiger partial charge in [-0.1, -0.05) is 26.0 Å². The van der Waals surface area contributed by atoms with Crippen molar-refractivity contribution in [3.05, 3.63) is 29.8 Å². The van der Waals surface area contributed by atoms with Crippen LogP contribution in [0.3, 0.4) is 0 Å². The van der Waals surface area contributed by atoms with Crippen LogP contribution in [0.4, 0.5) is 5.69 Å². The number of carbonyl (C=O) groups is 1. The standard InChI is InChI=1S/C15H24N2O2/c1-4-19-10-9-15(18)17-14-7-5-13(6-8-14)11-16-12(2)3/h5-8,12,16H,4,9-11H2,1-3H3,(H,17,18). The fourth-order valence-electron chi connectivity index (χ4n) is 1.56. The molecule has 0 radical (unpaired) electrons. The van der Waals surface area contributed by atoms with E-state index in [-0.39, 0.29) is 5.91 Å². The summed E-state index contributed by atoms with van der Waals surface area (Å²) in [6.45, 7) is 8.11. The first-order chi connectivity index (χ1) is 9.11. The van der Waals surface area contributed by atoms with Crippen LogP contribution in [0.1, 0.15) is 32.8 Å². The van der Waals surface area contributed by atoms with Crippen LogP contribution in [0.2, 0.25) is 0 Å². The van der Waals surface area contributed by atoms with E-state index in [1.165, 1.54) is 5.56 Å². The van der Waals surface area contributed by atoms with Gasteiger partial charge in [0, 0.05) is 24.9 Å². The Labute approximate surface area is 115 Å². The predicted molar refractivity (Wildman–Crippen MR) is 78.2 cm³/mol. The third-order valence-electron chi connectivity index (χ3n) is 2.63. The molecule has 0 atom stereocenters. The van der Waals surface area contributed by atoms with Crippen molar-refractivity contribution in [1.82, 2.24) is 5.32 Å². The molecule has 2 N–H and O–H groups in total. The molecule has 0 saturated carbocycles. The molecule has 1 amide bonds. The fourth-order valence-corrected chi connectivity index (χ4v) is 1.56. The maximum Gasteiger partial charge on any atom is 0.226 e. The van der Waals surface area contributed by atoms with Crippen LogP contribution in [-0.4, -0.2) is 25.2 Å². The van der Waals surface area contributed by atoms with Crippen LogP contribution in [-0.2, 0) is 16.1 Å². The molecule has 0 heterocycles. The topological polar surface area (TPSA) is 50.4 Å². The SMILES string of the molecule is CCOCCC(=O)Nc1ccc(CNC(C)C)cc1. The Hall–Kier alpha value is -1.39. The minimum Gasteiger partial charge on any atom is -0.381 e. The molecule has 1 rings (SSSR count). The summed E-state index contributed by atoms with van der Waals surface area (Å²) in [6, 6.07) is 8.37. The van der Waals surface area contributed by atoms with E-state index < -0.39 is 0 Å². The second-order valence-electron chi connectivity index (χ2n) is 4.73. The van der Waals surface area contributed by atoms with Crippen LogP contribution in [0.25, 0.3) is 0 Å². The maximum atomic E-state index is 11.6. The molecule has 1 aromatic carbocycles. The Morgan fingerprint density at radius 3 is 2.53 bits per heavy atom. The Bertz CT molecular complexity index is 374. The highest BCUT2D eigenvalue weighted by atomic mass is 16.5. The second-order valence-corrected chi connectivity index (χ2v) is 4.73. The van der Waals surface area contributed by atoms with E-state index in [2.05, 4.69) is 24.5 Å². The number of amides is 1. The smallest absolute Gasteiger partial charge is 0.226 e. The first-order valence-electron chi connectivity index (χ1n) is 6.81. The zero-order chi connectivity index (χ0) is 14.1. The van der Waals surface area contributed by atoms with E-state index in [1.54, 1.807) is 0 Å². The molecule has 0 fully saturated rings. The summed E-state index contributed by atoms with van der Waals surface area (Å²) in [5.41, 5.74) is 2.04. The second kappa shape index (κ2) is 8.67. The minimum absolute atomic E-state index is 0.0125. The summed E-state index contributed by atoms with van der Waals surface area (Å²) in [5.74, 6) is -0.0125. The van der Waals surface area contributed by atoms with Crippen LogP contribution >= 0.6 is 0 Å². The summed E-state index contributed by atoms with van der Waals surface area (Å²) in [5, 5.41) is 6.21. The van der Waals surface area contributed by atoms with Gasteiger partial charge in [-0.15, -0.1) is 0 Å². The molecule has 0 spiro atoms. The zero-order valence-electron chi connectivity index (χ0n) is 12.0. The number of carbonyl (C=O) groups excluding carboxylic acids is 1. The van der Waals surface area contributed by atoms with Gasteiger partial charge < -0.3 is 15.4 Å². The van der Waals surface area contributed by atoms with Gasteiger partial charge in [0.2, 0.25) is 5.91 Å². The molecule has 0 unspecified atom stereocenters. The molecule has 4 heteroatoms. The lowest BCUT2D eigenvalue weighted by Gasteiger charge is -2.09. The van der Waals surface area contributed by atoms with Crippen molar-refractivity contribution in [1.29, 1.82) is 0 Å². The number of anilines is 1. The molecule has 0 aromatic heterocycles. The van der Waals surface area contributed by atoms with E-state index >= 15 is 0 Å². The van der Waals surface area contributed by atoms with E-state index in [0.29, 0.717) is 25.7 Å². The van der Waals surface area contributed by atoms with Crippen LogP contribution in [0, 0.1) is 0 Å². The summed E-state index contributed by atoms with van der Waals surface area (Å²) in [7, 11) is 0. The highest BCUT2D eigenvalue weighted by Crippen LogP contribution is 2.10. The number of ether oxygens (including phenoxy) is 1. The number of hydrogen-bond acceptors (Lipinski definition) is 3. The van der Waals surface area contributed by atoms with Gasteiger partial charge in [0.25, 0.3) is 0 Å². The maximum absolute atomic E-state index is 11.6. The van der Waals surface area contributed by atoms with E-state index in [9.17, 15) is 4.79 Å². The number of benzene rings is 1.